The van der Waals surface area contributed by atoms with E-state index in [9.17, 15) is 0 Å². The lowest BCUT2D eigenvalue weighted by molar-refractivity contribution is -0.0517. The highest BCUT2D eigenvalue weighted by atomic mass is 32.1. The third-order valence-electron chi connectivity index (χ3n) is 5.49. The summed E-state index contributed by atoms with van der Waals surface area (Å²) in [6, 6.07) is 0. The molecule has 0 spiro atoms. The minimum atomic E-state index is 0.603. The molecule has 0 radical (unpaired) electrons. The van der Waals surface area contributed by atoms with E-state index >= 15 is 0 Å². The molecule has 18 heavy (non-hydrogen) atoms. The van der Waals surface area contributed by atoms with E-state index in [0.717, 1.165) is 22.8 Å². The van der Waals surface area contributed by atoms with Crippen molar-refractivity contribution in [3.8, 4) is 0 Å². The maximum atomic E-state index is 5.67. The van der Waals surface area contributed by atoms with Crippen LogP contribution in [0.15, 0.2) is 6.20 Å². The third-order valence-corrected chi connectivity index (χ3v) is 6.51. The zero-order valence-electron chi connectivity index (χ0n) is 10.9. The van der Waals surface area contributed by atoms with Crippen molar-refractivity contribution in [2.45, 2.75) is 51.5 Å². The number of rotatable bonds is 3. The molecule has 2 N–H and O–H groups in total. The monoisotopic (exact) mass is 262 g/mol. The molecular formula is C15H22N2S. The molecule has 4 saturated carbocycles. The molecule has 1 aromatic rings. The van der Waals surface area contributed by atoms with Crippen LogP contribution in [0.1, 0.15) is 48.4 Å². The van der Waals surface area contributed by atoms with E-state index in [1.165, 1.54) is 49.8 Å². The second-order valence-corrected chi connectivity index (χ2v) is 8.22. The minimum absolute atomic E-state index is 0.603. The van der Waals surface area contributed by atoms with Gasteiger partial charge in [0.2, 0.25) is 0 Å². The van der Waals surface area contributed by atoms with Crippen LogP contribution in [0.4, 0.5) is 0 Å². The van der Waals surface area contributed by atoms with Gasteiger partial charge in [-0.2, -0.15) is 0 Å². The zero-order chi connectivity index (χ0) is 12.2. The lowest BCUT2D eigenvalue weighted by atomic mass is 9.49. The van der Waals surface area contributed by atoms with Gasteiger partial charge in [0.1, 0.15) is 5.01 Å². The summed E-state index contributed by atoms with van der Waals surface area (Å²) in [7, 11) is 0. The molecule has 1 heterocycles. The zero-order valence-corrected chi connectivity index (χ0v) is 11.7. The quantitative estimate of drug-likeness (QED) is 0.907. The van der Waals surface area contributed by atoms with Crippen molar-refractivity contribution in [1.82, 2.24) is 4.98 Å². The Balaban J connectivity index is 1.56. The summed E-state index contributed by atoms with van der Waals surface area (Å²) in [4.78, 5) is 5.91. The maximum Gasteiger partial charge on any atom is 0.106 e. The molecule has 0 saturated heterocycles. The summed E-state index contributed by atoms with van der Waals surface area (Å²) >= 11 is 1.85. The number of nitrogens with two attached hydrogens (primary N) is 1. The molecule has 4 aliphatic carbocycles. The molecule has 3 heteroatoms. The van der Waals surface area contributed by atoms with Crippen LogP contribution >= 0.6 is 11.3 Å². The average molecular weight is 262 g/mol. The lowest BCUT2D eigenvalue weighted by Gasteiger charge is -2.57. The van der Waals surface area contributed by atoms with Crippen LogP contribution in [0, 0.1) is 23.2 Å². The summed E-state index contributed by atoms with van der Waals surface area (Å²) in [5.74, 6) is 3.16. The Kier molecular flexibility index (Phi) is 2.56. The molecule has 5 rings (SSSR count). The van der Waals surface area contributed by atoms with Crippen LogP contribution in [0.5, 0.6) is 0 Å². The number of hydrogen-bond acceptors (Lipinski definition) is 3. The molecule has 4 aliphatic rings. The summed E-state index contributed by atoms with van der Waals surface area (Å²) in [5, 5.41) is 1.11. The van der Waals surface area contributed by atoms with Crippen molar-refractivity contribution in [3.63, 3.8) is 0 Å². The highest BCUT2D eigenvalue weighted by Crippen LogP contribution is 2.61. The summed E-state index contributed by atoms with van der Waals surface area (Å²) in [6.45, 7) is 0.603. The van der Waals surface area contributed by atoms with Gasteiger partial charge in [0.15, 0.2) is 0 Å². The molecule has 0 unspecified atom stereocenters. The Morgan fingerprint density at radius 3 is 2.28 bits per heavy atom. The third kappa shape index (κ3) is 1.83. The van der Waals surface area contributed by atoms with E-state index in [1.54, 1.807) is 0 Å². The Bertz CT molecular complexity index is 416. The van der Waals surface area contributed by atoms with Gasteiger partial charge in [-0.15, -0.1) is 11.3 Å². The van der Waals surface area contributed by atoms with Gasteiger partial charge in [-0.05, 0) is 68.1 Å². The van der Waals surface area contributed by atoms with Gasteiger partial charge >= 0.3 is 0 Å². The predicted octanol–water partition coefficient (Wildman–Crippen LogP) is 3.36. The van der Waals surface area contributed by atoms with Crippen molar-refractivity contribution >= 4 is 11.3 Å². The van der Waals surface area contributed by atoms with E-state index in [0.29, 0.717) is 12.0 Å². The van der Waals surface area contributed by atoms with Crippen LogP contribution in [-0.4, -0.2) is 4.98 Å². The van der Waals surface area contributed by atoms with E-state index in [1.807, 2.05) is 11.3 Å². The van der Waals surface area contributed by atoms with Gasteiger partial charge in [-0.25, -0.2) is 4.98 Å². The van der Waals surface area contributed by atoms with E-state index < -0.39 is 0 Å². The first kappa shape index (κ1) is 11.4. The van der Waals surface area contributed by atoms with Crippen LogP contribution in [0.2, 0.25) is 0 Å². The van der Waals surface area contributed by atoms with Crippen molar-refractivity contribution in [2.24, 2.45) is 28.9 Å². The van der Waals surface area contributed by atoms with Crippen molar-refractivity contribution < 1.29 is 0 Å². The first-order chi connectivity index (χ1) is 8.75. The molecule has 4 fully saturated rings. The molecule has 0 aromatic carbocycles. The maximum absolute atomic E-state index is 5.67. The Morgan fingerprint density at radius 1 is 1.17 bits per heavy atom. The molecule has 2 nitrogen and oxygen atoms in total. The fourth-order valence-corrected chi connectivity index (χ4v) is 6.38. The first-order valence-corrected chi connectivity index (χ1v) is 8.20. The smallest absolute Gasteiger partial charge is 0.106 e. The standard InChI is InChI=1S/C15H22N2S/c16-8-14-17-9-13(18-14)7-15-4-10-1-11(5-15)3-12(2-10)6-15/h9-12H,1-8,16H2. The first-order valence-electron chi connectivity index (χ1n) is 7.38. The average Bonchev–Trinajstić information content (AvgIpc) is 2.74. The van der Waals surface area contributed by atoms with Gasteiger partial charge in [0.05, 0.1) is 0 Å². The second kappa shape index (κ2) is 4.04. The summed E-state index contributed by atoms with van der Waals surface area (Å²) < 4.78 is 0. The van der Waals surface area contributed by atoms with Crippen LogP contribution in [-0.2, 0) is 13.0 Å². The van der Waals surface area contributed by atoms with Gasteiger partial charge < -0.3 is 5.73 Å². The number of nitrogens with zero attached hydrogens (tertiary/aromatic N) is 1. The predicted molar refractivity (Wildman–Crippen MR) is 74.3 cm³/mol. The number of hydrogen-bond donors (Lipinski definition) is 1. The Labute approximate surface area is 113 Å². The molecule has 0 aliphatic heterocycles. The SMILES string of the molecule is NCc1ncc(CC23CC4CC(CC(C4)C2)C3)s1. The molecule has 0 atom stereocenters. The molecular weight excluding hydrogens is 240 g/mol. The summed E-state index contributed by atoms with van der Waals surface area (Å²) in [5.41, 5.74) is 6.32. The topological polar surface area (TPSA) is 38.9 Å². The molecule has 4 bridgehead atoms. The number of aromatic nitrogens is 1. The van der Waals surface area contributed by atoms with Gasteiger partial charge in [0, 0.05) is 17.6 Å². The van der Waals surface area contributed by atoms with Crippen LogP contribution < -0.4 is 5.73 Å². The van der Waals surface area contributed by atoms with Crippen LogP contribution in [0.3, 0.4) is 0 Å². The van der Waals surface area contributed by atoms with Crippen molar-refractivity contribution in [3.05, 3.63) is 16.1 Å². The van der Waals surface area contributed by atoms with Crippen molar-refractivity contribution in [1.29, 1.82) is 0 Å². The highest BCUT2D eigenvalue weighted by Gasteiger charge is 2.50. The van der Waals surface area contributed by atoms with Crippen molar-refractivity contribution in [2.75, 3.05) is 0 Å². The van der Waals surface area contributed by atoms with Gasteiger partial charge in [0.25, 0.3) is 0 Å². The van der Waals surface area contributed by atoms with E-state index in [4.69, 9.17) is 5.73 Å². The second-order valence-electron chi connectivity index (χ2n) is 7.02. The largest absolute Gasteiger partial charge is 0.325 e. The summed E-state index contributed by atoms with van der Waals surface area (Å²) in [6.07, 6.45) is 12.5. The van der Waals surface area contributed by atoms with Crippen LogP contribution in [0.25, 0.3) is 0 Å². The lowest BCUT2D eigenvalue weighted by Crippen LogP contribution is -2.46. The minimum Gasteiger partial charge on any atom is -0.325 e. The molecule has 1 aromatic heterocycles. The number of thiazole rings is 1. The molecule has 98 valence electrons. The fourth-order valence-electron chi connectivity index (χ4n) is 5.40. The fraction of sp³-hybridized carbons (Fsp3) is 0.800. The Morgan fingerprint density at radius 2 is 1.78 bits per heavy atom. The molecule has 0 amide bonds. The van der Waals surface area contributed by atoms with E-state index in [-0.39, 0.29) is 0 Å². The Hall–Kier alpha value is -0.410. The van der Waals surface area contributed by atoms with Gasteiger partial charge in [-0.1, -0.05) is 0 Å². The van der Waals surface area contributed by atoms with Gasteiger partial charge in [-0.3, -0.25) is 0 Å². The van der Waals surface area contributed by atoms with E-state index in [2.05, 4.69) is 11.2 Å². The normalized spacial score (nSPS) is 41.5. The highest BCUT2D eigenvalue weighted by molar-refractivity contribution is 7.11.